The number of hydrogen-bond acceptors (Lipinski definition) is 3. The second kappa shape index (κ2) is 7.34. The van der Waals surface area contributed by atoms with Gasteiger partial charge in [0, 0.05) is 5.56 Å². The summed E-state index contributed by atoms with van der Waals surface area (Å²) in [6.07, 6.45) is 1.86. The lowest BCUT2D eigenvalue weighted by Crippen LogP contribution is -1.95. The molecule has 0 spiro atoms. The monoisotopic (exact) mass is 324 g/mol. The Labute approximate surface area is 147 Å². The minimum Gasteiger partial charge on any atom is -0.493 e. The highest BCUT2D eigenvalue weighted by Crippen LogP contribution is 2.32. The number of fused-ring (bicyclic) bond motifs is 1. The van der Waals surface area contributed by atoms with Crippen LogP contribution in [0.5, 0.6) is 5.75 Å². The van der Waals surface area contributed by atoms with Crippen molar-refractivity contribution in [3.05, 3.63) is 77.4 Å². The molecule has 0 aliphatic carbocycles. The van der Waals surface area contributed by atoms with Crippen molar-refractivity contribution in [1.82, 2.24) is 0 Å². The largest absolute Gasteiger partial charge is 0.493 e. The minimum atomic E-state index is 0.529. The topological polar surface area (TPSA) is 56.8 Å². The van der Waals surface area contributed by atoms with Gasteiger partial charge in [0.2, 0.25) is 0 Å². The van der Waals surface area contributed by atoms with Crippen LogP contribution < -0.4 is 4.74 Å². The molecule has 0 unspecified atom stereocenters. The Bertz CT molecular complexity index is 1020. The zero-order chi connectivity index (χ0) is 17.6. The number of hydrogen-bond donors (Lipinski definition) is 0. The Hall–Kier alpha value is -3.56. The van der Waals surface area contributed by atoms with Crippen molar-refractivity contribution in [2.75, 3.05) is 6.61 Å². The molecule has 0 radical (unpaired) electrons. The average Bonchev–Trinajstić information content (AvgIpc) is 2.67. The first-order valence-electron chi connectivity index (χ1n) is 8.03. The zero-order valence-corrected chi connectivity index (χ0v) is 13.9. The van der Waals surface area contributed by atoms with Gasteiger partial charge < -0.3 is 4.74 Å². The molecule has 0 fully saturated rings. The Morgan fingerprint density at radius 2 is 1.76 bits per heavy atom. The Kier molecular flexibility index (Phi) is 4.79. The smallest absolute Gasteiger partial charge is 0.127 e. The lowest BCUT2D eigenvalue weighted by Gasteiger charge is -2.11. The predicted molar refractivity (Wildman–Crippen MR) is 99.8 cm³/mol. The van der Waals surface area contributed by atoms with E-state index < -0.39 is 0 Å². The Morgan fingerprint density at radius 3 is 2.44 bits per heavy atom. The lowest BCUT2D eigenvalue weighted by molar-refractivity contribution is 0.340. The maximum atomic E-state index is 9.64. The number of nitriles is 2. The quantitative estimate of drug-likeness (QED) is 0.491. The Balaban J connectivity index is 2.18. The van der Waals surface area contributed by atoms with Crippen molar-refractivity contribution in [1.29, 1.82) is 10.5 Å². The second-order valence-corrected chi connectivity index (χ2v) is 5.49. The molecule has 3 aromatic carbocycles. The van der Waals surface area contributed by atoms with Crippen LogP contribution in [0.2, 0.25) is 0 Å². The summed E-state index contributed by atoms with van der Waals surface area (Å²) in [6, 6.07) is 23.3. The normalized spacial score (nSPS) is 10.9. The number of allylic oxidation sites excluding steroid dienone is 1. The van der Waals surface area contributed by atoms with E-state index in [0.717, 1.165) is 27.6 Å². The summed E-state index contributed by atoms with van der Waals surface area (Å²) in [5.41, 5.74) is 2.76. The summed E-state index contributed by atoms with van der Waals surface area (Å²) < 4.78 is 5.77. The number of benzene rings is 3. The molecule has 0 bridgehead atoms. The van der Waals surface area contributed by atoms with E-state index in [1.165, 1.54) is 0 Å². The van der Waals surface area contributed by atoms with Crippen LogP contribution in [0.4, 0.5) is 0 Å². The van der Waals surface area contributed by atoms with Crippen molar-refractivity contribution >= 4 is 22.4 Å². The molecule has 0 aliphatic rings. The highest BCUT2D eigenvalue weighted by atomic mass is 16.5. The van der Waals surface area contributed by atoms with Crippen molar-refractivity contribution in [3.8, 4) is 17.9 Å². The second-order valence-electron chi connectivity index (χ2n) is 5.49. The van der Waals surface area contributed by atoms with Crippen molar-refractivity contribution in [2.45, 2.75) is 6.92 Å². The first-order valence-corrected chi connectivity index (χ1v) is 8.03. The molecule has 3 heteroatoms. The van der Waals surface area contributed by atoms with Gasteiger partial charge in [-0.25, -0.2) is 0 Å². The number of rotatable bonds is 4. The molecule has 0 aromatic heterocycles. The van der Waals surface area contributed by atoms with Gasteiger partial charge in [0.1, 0.15) is 5.75 Å². The highest BCUT2D eigenvalue weighted by molar-refractivity contribution is 6.00. The molecule has 3 aromatic rings. The number of nitrogens with zero attached hydrogens (tertiary/aromatic N) is 2. The van der Waals surface area contributed by atoms with Crippen molar-refractivity contribution in [3.63, 3.8) is 0 Å². The van der Waals surface area contributed by atoms with E-state index in [9.17, 15) is 5.26 Å². The van der Waals surface area contributed by atoms with E-state index in [1.54, 1.807) is 24.3 Å². The van der Waals surface area contributed by atoms with Crippen LogP contribution in [-0.4, -0.2) is 6.61 Å². The molecule has 0 saturated heterocycles. The van der Waals surface area contributed by atoms with E-state index in [2.05, 4.69) is 12.1 Å². The van der Waals surface area contributed by atoms with Gasteiger partial charge in [-0.3, -0.25) is 0 Å². The molecule has 0 saturated carbocycles. The van der Waals surface area contributed by atoms with Gasteiger partial charge in [-0.15, -0.1) is 0 Å². The third-order valence-electron chi connectivity index (χ3n) is 3.96. The van der Waals surface area contributed by atoms with Gasteiger partial charge in [0.25, 0.3) is 0 Å². The molecule has 0 atom stereocenters. The predicted octanol–water partition coefficient (Wildman–Crippen LogP) is 5.17. The molecule has 25 heavy (non-hydrogen) atoms. The summed E-state index contributed by atoms with van der Waals surface area (Å²) >= 11 is 0. The molecular formula is C22H16N2O. The Morgan fingerprint density at radius 1 is 1.00 bits per heavy atom. The fraction of sp³-hybridized carbons (Fsp3) is 0.0909. The molecule has 3 rings (SSSR count). The summed E-state index contributed by atoms with van der Waals surface area (Å²) in [4.78, 5) is 0. The third kappa shape index (κ3) is 3.37. The van der Waals surface area contributed by atoms with Gasteiger partial charge in [0.05, 0.1) is 29.9 Å². The molecule has 120 valence electrons. The minimum absolute atomic E-state index is 0.529. The van der Waals surface area contributed by atoms with Crippen LogP contribution in [0.25, 0.3) is 22.4 Å². The summed E-state index contributed by atoms with van der Waals surface area (Å²) in [5.74, 6) is 0.752. The van der Waals surface area contributed by atoms with E-state index in [1.807, 2.05) is 49.4 Å². The molecule has 0 amide bonds. The average molecular weight is 324 g/mol. The van der Waals surface area contributed by atoms with E-state index in [4.69, 9.17) is 10.00 Å². The fourth-order valence-corrected chi connectivity index (χ4v) is 2.75. The van der Waals surface area contributed by atoms with Gasteiger partial charge in [-0.2, -0.15) is 10.5 Å². The van der Waals surface area contributed by atoms with Gasteiger partial charge in [-0.1, -0.05) is 42.5 Å². The van der Waals surface area contributed by atoms with Crippen molar-refractivity contribution in [2.24, 2.45) is 0 Å². The van der Waals surface area contributed by atoms with Crippen LogP contribution >= 0.6 is 0 Å². The van der Waals surface area contributed by atoms with Gasteiger partial charge in [-0.05, 0) is 47.5 Å². The zero-order valence-electron chi connectivity index (χ0n) is 13.9. The molecule has 0 N–H and O–H groups in total. The van der Waals surface area contributed by atoms with Gasteiger partial charge >= 0.3 is 0 Å². The number of ether oxygens (including phenoxy) is 1. The van der Waals surface area contributed by atoms with E-state index >= 15 is 0 Å². The SMILES string of the molecule is CCOc1ccc2ccccc2c1/C=C(\C#N)c1ccc(C#N)cc1. The summed E-state index contributed by atoms with van der Waals surface area (Å²) in [5, 5.41) is 20.7. The molecule has 3 nitrogen and oxygen atoms in total. The van der Waals surface area contributed by atoms with Crippen LogP contribution in [0.15, 0.2) is 60.7 Å². The maximum Gasteiger partial charge on any atom is 0.127 e. The van der Waals surface area contributed by atoms with Crippen LogP contribution in [0.3, 0.4) is 0 Å². The van der Waals surface area contributed by atoms with Gasteiger partial charge in [0.15, 0.2) is 0 Å². The summed E-state index contributed by atoms with van der Waals surface area (Å²) in [6.45, 7) is 2.49. The molecular weight excluding hydrogens is 308 g/mol. The van der Waals surface area contributed by atoms with E-state index in [-0.39, 0.29) is 0 Å². The third-order valence-corrected chi connectivity index (χ3v) is 3.96. The first-order chi connectivity index (χ1) is 12.3. The molecule has 0 aliphatic heterocycles. The highest BCUT2D eigenvalue weighted by Gasteiger charge is 2.09. The summed E-state index contributed by atoms with van der Waals surface area (Å²) in [7, 11) is 0. The maximum absolute atomic E-state index is 9.64. The van der Waals surface area contributed by atoms with Crippen LogP contribution in [0, 0.1) is 22.7 Å². The standard InChI is InChI=1S/C22H16N2O/c1-2-25-22-12-11-18-5-3-4-6-20(18)21(22)13-19(15-24)17-9-7-16(14-23)8-10-17/h3-13H,2H2,1H3/b19-13+. The lowest BCUT2D eigenvalue weighted by atomic mass is 9.98. The fourth-order valence-electron chi connectivity index (χ4n) is 2.75. The van der Waals surface area contributed by atoms with Crippen LogP contribution in [0.1, 0.15) is 23.6 Å². The van der Waals surface area contributed by atoms with Crippen LogP contribution in [-0.2, 0) is 0 Å². The first kappa shape index (κ1) is 16.3. The molecule has 0 heterocycles. The van der Waals surface area contributed by atoms with E-state index in [0.29, 0.717) is 17.7 Å². The van der Waals surface area contributed by atoms with Crippen molar-refractivity contribution < 1.29 is 4.74 Å².